The Labute approximate surface area is 127 Å². The van der Waals surface area contributed by atoms with Gasteiger partial charge in [-0.1, -0.05) is 0 Å². The van der Waals surface area contributed by atoms with Crippen LogP contribution in [0.3, 0.4) is 0 Å². The molecule has 0 bridgehead atoms. The molecule has 1 saturated heterocycles. The number of primary amides is 1. The first-order valence-corrected chi connectivity index (χ1v) is 8.14. The molecule has 0 spiro atoms. The number of thiophene rings is 1. The molecular weight excluding hydrogens is 284 g/mol. The van der Waals surface area contributed by atoms with E-state index in [9.17, 15) is 4.79 Å². The highest BCUT2D eigenvalue weighted by Crippen LogP contribution is 2.38. The first-order chi connectivity index (χ1) is 10.2. The van der Waals surface area contributed by atoms with Crippen LogP contribution in [0.4, 0.5) is 5.69 Å². The Kier molecular flexibility index (Phi) is 4.07. The Hall–Kier alpha value is -1.66. The van der Waals surface area contributed by atoms with E-state index in [2.05, 4.69) is 9.88 Å². The topological polar surface area (TPSA) is 85.2 Å². The van der Waals surface area contributed by atoms with Gasteiger partial charge in [0.2, 0.25) is 0 Å². The van der Waals surface area contributed by atoms with Crippen LogP contribution in [0.1, 0.15) is 28.9 Å². The second-order valence-corrected chi connectivity index (χ2v) is 6.55. The van der Waals surface area contributed by atoms with Crippen LogP contribution in [0.5, 0.6) is 0 Å². The molecule has 0 unspecified atom stereocenters. The van der Waals surface area contributed by atoms with Gasteiger partial charge in [-0.15, -0.1) is 11.3 Å². The zero-order valence-corrected chi connectivity index (χ0v) is 12.7. The van der Waals surface area contributed by atoms with Crippen LogP contribution < -0.4 is 16.4 Å². The maximum atomic E-state index is 11.8. The molecule has 1 fully saturated rings. The van der Waals surface area contributed by atoms with Gasteiger partial charge >= 0.3 is 0 Å². The van der Waals surface area contributed by atoms with E-state index >= 15 is 0 Å². The summed E-state index contributed by atoms with van der Waals surface area (Å²) in [5.74, 6) is 0.332. The Bertz CT molecular complexity index is 646. The molecule has 0 radical (unpaired) electrons. The van der Waals surface area contributed by atoms with E-state index in [0.29, 0.717) is 10.8 Å². The van der Waals surface area contributed by atoms with Crippen LogP contribution in [-0.4, -0.2) is 30.5 Å². The summed E-state index contributed by atoms with van der Waals surface area (Å²) in [6.45, 7) is 2.63. The highest BCUT2D eigenvalue weighted by Gasteiger charge is 2.26. The monoisotopic (exact) mass is 304 g/mol. The number of piperidine rings is 1. The van der Waals surface area contributed by atoms with E-state index in [-0.39, 0.29) is 5.91 Å². The number of carbonyl (C=O) groups is 1. The van der Waals surface area contributed by atoms with Crippen LogP contribution >= 0.6 is 11.3 Å². The molecule has 5 nitrogen and oxygen atoms in total. The van der Waals surface area contributed by atoms with Gasteiger partial charge in [0.05, 0.1) is 10.4 Å². The first kappa shape index (κ1) is 14.3. The van der Waals surface area contributed by atoms with Crippen molar-refractivity contribution in [1.82, 2.24) is 4.98 Å². The predicted molar refractivity (Wildman–Crippen MR) is 86.7 cm³/mol. The van der Waals surface area contributed by atoms with Crippen LogP contribution in [-0.2, 0) is 0 Å². The quantitative estimate of drug-likeness (QED) is 0.904. The van der Waals surface area contributed by atoms with E-state index in [4.69, 9.17) is 11.5 Å². The molecular formula is C15H20N4OS. The van der Waals surface area contributed by atoms with Crippen molar-refractivity contribution >= 4 is 33.1 Å². The van der Waals surface area contributed by atoms with E-state index in [1.807, 2.05) is 12.1 Å². The van der Waals surface area contributed by atoms with Gasteiger partial charge in [0.15, 0.2) is 0 Å². The molecule has 6 heteroatoms. The normalized spacial score (nSPS) is 16.5. The van der Waals surface area contributed by atoms with Crippen molar-refractivity contribution in [3.8, 4) is 0 Å². The van der Waals surface area contributed by atoms with Crippen molar-refractivity contribution in [3.63, 3.8) is 0 Å². The van der Waals surface area contributed by atoms with E-state index < -0.39 is 0 Å². The summed E-state index contributed by atoms with van der Waals surface area (Å²) in [6.07, 6.45) is 5.07. The van der Waals surface area contributed by atoms with Gasteiger partial charge in [-0.05, 0) is 43.9 Å². The van der Waals surface area contributed by atoms with Crippen molar-refractivity contribution in [2.75, 3.05) is 24.5 Å². The van der Waals surface area contributed by atoms with Gasteiger partial charge in [0.25, 0.3) is 5.91 Å². The fourth-order valence-electron chi connectivity index (χ4n) is 3.06. The number of nitrogens with zero attached hydrogens (tertiary/aromatic N) is 2. The van der Waals surface area contributed by atoms with Crippen molar-refractivity contribution in [3.05, 3.63) is 23.2 Å². The maximum absolute atomic E-state index is 11.8. The lowest BCUT2D eigenvalue weighted by Gasteiger charge is -2.33. The van der Waals surface area contributed by atoms with Gasteiger partial charge in [-0.3, -0.25) is 9.78 Å². The second kappa shape index (κ2) is 5.99. The zero-order valence-electron chi connectivity index (χ0n) is 11.9. The summed E-state index contributed by atoms with van der Waals surface area (Å²) in [5, 5.41) is 0. The lowest BCUT2D eigenvalue weighted by atomic mass is 9.93. The number of anilines is 1. The number of nitrogens with two attached hydrogens (primary N) is 2. The minimum Gasteiger partial charge on any atom is -0.368 e. The molecule has 0 saturated carbocycles. The van der Waals surface area contributed by atoms with Crippen LogP contribution in [0.2, 0.25) is 0 Å². The number of hydrogen-bond donors (Lipinski definition) is 2. The number of aromatic nitrogens is 1. The summed E-state index contributed by atoms with van der Waals surface area (Å²) in [5.41, 5.74) is 13.0. The molecule has 0 aliphatic carbocycles. The Morgan fingerprint density at radius 2 is 2.19 bits per heavy atom. The fourth-order valence-corrected chi connectivity index (χ4v) is 4.09. The fraction of sp³-hybridized carbons (Fsp3) is 0.467. The third-order valence-electron chi connectivity index (χ3n) is 4.15. The van der Waals surface area contributed by atoms with Crippen LogP contribution in [0.15, 0.2) is 18.3 Å². The largest absolute Gasteiger partial charge is 0.368 e. The van der Waals surface area contributed by atoms with Crippen molar-refractivity contribution < 1.29 is 4.79 Å². The highest BCUT2D eigenvalue weighted by molar-refractivity contribution is 7.21. The Morgan fingerprint density at radius 3 is 2.86 bits per heavy atom. The minimum atomic E-state index is -0.364. The number of pyridine rings is 1. The molecule has 3 rings (SSSR count). The van der Waals surface area contributed by atoms with Gasteiger partial charge < -0.3 is 16.4 Å². The Morgan fingerprint density at radius 1 is 1.43 bits per heavy atom. The first-order valence-electron chi connectivity index (χ1n) is 7.33. The SMILES string of the molecule is NCCC1CCN(c2c(C(N)=O)sc3cccnc23)CC1. The molecule has 1 aliphatic rings. The molecule has 3 heterocycles. The standard InChI is InChI=1S/C15H20N4OS/c16-6-3-10-4-8-19(9-5-10)13-12-11(2-1-7-18-12)21-14(13)15(17)20/h1-2,7,10H,3-6,8-9,16H2,(H2,17,20). The third-order valence-corrected chi connectivity index (χ3v) is 5.30. The summed E-state index contributed by atoms with van der Waals surface area (Å²) < 4.78 is 1.02. The summed E-state index contributed by atoms with van der Waals surface area (Å²) in [4.78, 5) is 19.1. The second-order valence-electron chi connectivity index (χ2n) is 5.50. The number of amides is 1. The van der Waals surface area contributed by atoms with Crippen molar-refractivity contribution in [2.45, 2.75) is 19.3 Å². The number of fused-ring (bicyclic) bond motifs is 1. The Balaban J connectivity index is 1.93. The van der Waals surface area contributed by atoms with Gasteiger partial charge in [0.1, 0.15) is 10.4 Å². The molecule has 1 amide bonds. The predicted octanol–water partition coefficient (Wildman–Crippen LogP) is 1.96. The van der Waals surface area contributed by atoms with Crippen LogP contribution in [0.25, 0.3) is 10.2 Å². The summed E-state index contributed by atoms with van der Waals surface area (Å²) >= 11 is 1.44. The molecule has 1 aliphatic heterocycles. The van der Waals surface area contributed by atoms with E-state index in [1.165, 1.54) is 11.3 Å². The van der Waals surface area contributed by atoms with Crippen LogP contribution in [0, 0.1) is 5.92 Å². The van der Waals surface area contributed by atoms with Gasteiger partial charge in [-0.2, -0.15) is 0 Å². The van der Waals surface area contributed by atoms with E-state index in [1.54, 1.807) is 6.20 Å². The van der Waals surface area contributed by atoms with Crippen molar-refractivity contribution in [1.29, 1.82) is 0 Å². The summed E-state index contributed by atoms with van der Waals surface area (Å²) in [7, 11) is 0. The summed E-state index contributed by atoms with van der Waals surface area (Å²) in [6, 6.07) is 3.88. The zero-order chi connectivity index (χ0) is 14.8. The van der Waals surface area contributed by atoms with Gasteiger partial charge in [0, 0.05) is 19.3 Å². The maximum Gasteiger partial charge on any atom is 0.261 e. The van der Waals surface area contributed by atoms with Crippen molar-refractivity contribution in [2.24, 2.45) is 17.4 Å². The number of carbonyl (C=O) groups excluding carboxylic acids is 1. The molecule has 112 valence electrons. The average Bonchev–Trinajstić information content (AvgIpc) is 2.88. The lowest BCUT2D eigenvalue weighted by Crippen LogP contribution is -2.35. The molecule has 2 aromatic heterocycles. The molecule has 0 atom stereocenters. The highest BCUT2D eigenvalue weighted by atomic mass is 32.1. The molecule has 4 N–H and O–H groups in total. The average molecular weight is 304 g/mol. The minimum absolute atomic E-state index is 0.364. The van der Waals surface area contributed by atoms with Gasteiger partial charge in [-0.25, -0.2) is 0 Å². The smallest absolute Gasteiger partial charge is 0.261 e. The molecule has 0 aromatic carbocycles. The number of hydrogen-bond acceptors (Lipinski definition) is 5. The molecule has 2 aromatic rings. The van der Waals surface area contributed by atoms with E-state index in [0.717, 1.165) is 54.8 Å². The lowest BCUT2D eigenvalue weighted by molar-refractivity contribution is 0.100. The number of rotatable bonds is 4. The third kappa shape index (κ3) is 2.73. The molecule has 21 heavy (non-hydrogen) atoms.